The zero-order chi connectivity index (χ0) is 11.5. The highest BCUT2D eigenvalue weighted by Gasteiger charge is 2.31. The van der Waals surface area contributed by atoms with Gasteiger partial charge in [0.25, 0.3) is 5.69 Å². The Morgan fingerprint density at radius 3 is 2.53 bits per heavy atom. The quantitative estimate of drug-likeness (QED) is 0.460. The van der Waals surface area contributed by atoms with Crippen LogP contribution in [0, 0.1) is 10.4 Å². The molecule has 1 radical (unpaired) electrons. The first kappa shape index (κ1) is 11.3. The van der Waals surface area contributed by atoms with Crippen molar-refractivity contribution < 1.29 is 4.76 Å². The summed E-state index contributed by atoms with van der Waals surface area (Å²) in [4.78, 5) is 11.8. The van der Waals surface area contributed by atoms with E-state index in [2.05, 4.69) is 10.6 Å². The fourth-order valence-corrected chi connectivity index (χ4v) is 1.13. The third kappa shape index (κ3) is 2.83. The van der Waals surface area contributed by atoms with E-state index in [1.165, 1.54) is 0 Å². The van der Waals surface area contributed by atoms with E-state index in [4.69, 9.17) is 5.53 Å². The summed E-state index contributed by atoms with van der Waals surface area (Å²) in [7, 11) is 0. The summed E-state index contributed by atoms with van der Waals surface area (Å²) in [6.45, 7) is 5.50. The molecule has 0 saturated carbocycles. The maximum absolute atomic E-state index is 11.8. The molecule has 0 bridgehead atoms. The van der Waals surface area contributed by atoms with Crippen LogP contribution in [0.4, 0.5) is 11.4 Å². The molecule has 0 aliphatic rings. The lowest BCUT2D eigenvalue weighted by Gasteiger charge is -2.08. The fourth-order valence-electron chi connectivity index (χ4n) is 1.13. The van der Waals surface area contributed by atoms with Crippen LogP contribution < -0.4 is 5.43 Å². The molecule has 0 fully saturated rings. The number of benzene rings is 1. The van der Waals surface area contributed by atoms with Gasteiger partial charge in [-0.15, -0.1) is 5.43 Å². The number of hydrogen-bond acceptors (Lipinski definition) is 3. The molecule has 0 atom stereocenters. The minimum atomic E-state index is -0.489. The number of rotatable bonds is 3. The highest BCUT2D eigenvalue weighted by molar-refractivity contribution is 5.45. The van der Waals surface area contributed by atoms with Crippen molar-refractivity contribution in [2.75, 3.05) is 0 Å². The van der Waals surface area contributed by atoms with E-state index in [1.807, 2.05) is 20.8 Å². The second-order valence-corrected chi connectivity index (χ2v) is 4.19. The average molecular weight is 206 g/mol. The molecule has 1 N–H and O–H groups in total. The number of nitrogens with one attached hydrogen (secondary N) is 1. The van der Waals surface area contributed by atoms with Crippen LogP contribution in [-0.2, 0) is 0 Å². The molecule has 1 aromatic rings. The molecule has 0 aliphatic carbocycles. The van der Waals surface area contributed by atoms with Crippen molar-refractivity contribution in [3.05, 3.63) is 29.2 Å². The van der Waals surface area contributed by atoms with Crippen molar-refractivity contribution in [3.8, 4) is 0 Å². The molecular formula is C10H14N4O+. The van der Waals surface area contributed by atoms with Crippen LogP contribution in [-0.4, -0.2) is 10.3 Å². The van der Waals surface area contributed by atoms with Gasteiger partial charge in [0, 0.05) is 42.6 Å². The smallest absolute Gasteiger partial charge is 0.185 e. The summed E-state index contributed by atoms with van der Waals surface area (Å²) in [5.74, 6) is 0. The SMILES string of the molecule is CC(C)(C)[N+](=O)c1cccc([N]N=N)c1. The lowest BCUT2D eigenvalue weighted by Crippen LogP contribution is -2.26. The Labute approximate surface area is 88.6 Å². The van der Waals surface area contributed by atoms with Gasteiger partial charge in [0.15, 0.2) is 0 Å². The minimum Gasteiger partial charge on any atom is -0.185 e. The number of nitrogens with zero attached hydrogens (tertiary/aromatic N) is 3. The molecule has 0 amide bonds. The fraction of sp³-hybridized carbons (Fsp3) is 0.400. The molecule has 5 nitrogen and oxygen atoms in total. The molecule has 0 heterocycles. The largest absolute Gasteiger partial charge is 0.258 e. The van der Waals surface area contributed by atoms with Gasteiger partial charge < -0.3 is 0 Å². The summed E-state index contributed by atoms with van der Waals surface area (Å²) in [5, 5.41) is 2.92. The maximum Gasteiger partial charge on any atom is 0.258 e. The predicted octanol–water partition coefficient (Wildman–Crippen LogP) is 3.08. The Bertz CT molecular complexity index is 381. The van der Waals surface area contributed by atoms with Gasteiger partial charge in [-0.1, -0.05) is 11.3 Å². The predicted molar refractivity (Wildman–Crippen MR) is 56.4 cm³/mol. The molecule has 1 aromatic carbocycles. The van der Waals surface area contributed by atoms with E-state index in [1.54, 1.807) is 24.3 Å². The lowest BCUT2D eigenvalue weighted by molar-refractivity contribution is -0.540. The van der Waals surface area contributed by atoms with E-state index < -0.39 is 5.54 Å². The molecular weight excluding hydrogens is 192 g/mol. The Morgan fingerprint density at radius 1 is 1.33 bits per heavy atom. The second kappa shape index (κ2) is 4.16. The Hall–Kier alpha value is -1.78. The zero-order valence-corrected chi connectivity index (χ0v) is 9.06. The minimum absolute atomic E-state index is 0.489. The van der Waals surface area contributed by atoms with Gasteiger partial charge in [0.05, 0.1) is 5.69 Å². The van der Waals surface area contributed by atoms with E-state index in [9.17, 15) is 4.91 Å². The number of hydrogen-bond donors (Lipinski definition) is 1. The van der Waals surface area contributed by atoms with Gasteiger partial charge in [-0.2, -0.15) is 5.53 Å². The molecule has 0 unspecified atom stereocenters. The zero-order valence-electron chi connectivity index (χ0n) is 9.06. The van der Waals surface area contributed by atoms with Crippen LogP contribution >= 0.6 is 0 Å². The molecule has 0 spiro atoms. The molecule has 1 rings (SSSR count). The van der Waals surface area contributed by atoms with Crippen molar-refractivity contribution in [1.82, 2.24) is 5.43 Å². The molecule has 0 saturated heterocycles. The molecule has 0 aliphatic heterocycles. The molecule has 5 heteroatoms. The first-order valence-corrected chi connectivity index (χ1v) is 4.60. The highest BCUT2D eigenvalue weighted by atomic mass is 16.3. The van der Waals surface area contributed by atoms with Crippen LogP contribution in [0.15, 0.2) is 29.5 Å². The lowest BCUT2D eigenvalue weighted by atomic mass is 10.1. The van der Waals surface area contributed by atoms with Gasteiger partial charge in [0.1, 0.15) is 0 Å². The van der Waals surface area contributed by atoms with Crippen molar-refractivity contribution in [2.24, 2.45) is 5.22 Å². The monoisotopic (exact) mass is 206 g/mol. The first-order valence-electron chi connectivity index (χ1n) is 4.60. The maximum atomic E-state index is 11.8. The van der Waals surface area contributed by atoms with Gasteiger partial charge >= 0.3 is 0 Å². The Kier molecular flexibility index (Phi) is 3.14. The first-order chi connectivity index (χ1) is 6.95. The average Bonchev–Trinajstić information content (AvgIpc) is 2.16. The normalized spacial score (nSPS) is 10.9. The third-order valence-corrected chi connectivity index (χ3v) is 1.84. The molecule has 0 aromatic heterocycles. The van der Waals surface area contributed by atoms with Crippen LogP contribution in [0.3, 0.4) is 0 Å². The van der Waals surface area contributed by atoms with E-state index >= 15 is 0 Å². The standard InChI is InChI=1S/C10H14N4O/c1-10(2,3)14(15)9-6-4-5-8(7-9)12-13-11/h4-7,11H,1-3H3/q+1. The van der Waals surface area contributed by atoms with Crippen molar-refractivity contribution >= 4 is 11.4 Å². The summed E-state index contributed by atoms with van der Waals surface area (Å²) >= 11 is 0. The van der Waals surface area contributed by atoms with Crippen LogP contribution in [0.2, 0.25) is 0 Å². The van der Waals surface area contributed by atoms with Gasteiger partial charge in [-0.25, -0.2) is 0 Å². The van der Waals surface area contributed by atoms with Crippen molar-refractivity contribution in [1.29, 1.82) is 5.53 Å². The van der Waals surface area contributed by atoms with Gasteiger partial charge in [-0.05, 0) is 6.07 Å². The van der Waals surface area contributed by atoms with Crippen LogP contribution in [0.25, 0.3) is 0 Å². The second-order valence-electron chi connectivity index (χ2n) is 4.19. The summed E-state index contributed by atoms with van der Waals surface area (Å²) in [6.07, 6.45) is 0. The van der Waals surface area contributed by atoms with Crippen molar-refractivity contribution in [3.63, 3.8) is 0 Å². The topological polar surface area (TPSA) is 70.4 Å². The summed E-state index contributed by atoms with van der Waals surface area (Å²) < 4.78 is 0.913. The Balaban J connectivity index is 3.00. The van der Waals surface area contributed by atoms with Crippen molar-refractivity contribution in [2.45, 2.75) is 26.3 Å². The van der Waals surface area contributed by atoms with E-state index in [-0.39, 0.29) is 0 Å². The Morgan fingerprint density at radius 2 is 2.00 bits per heavy atom. The molecule has 79 valence electrons. The van der Waals surface area contributed by atoms with Crippen LogP contribution in [0.1, 0.15) is 20.8 Å². The third-order valence-electron chi connectivity index (χ3n) is 1.84. The number of nitroso groups, excluding NO2 is 1. The molecule has 15 heavy (non-hydrogen) atoms. The summed E-state index contributed by atoms with van der Waals surface area (Å²) in [5.41, 5.74) is 10.7. The van der Waals surface area contributed by atoms with E-state index in [0.717, 1.165) is 4.76 Å². The summed E-state index contributed by atoms with van der Waals surface area (Å²) in [6, 6.07) is 6.73. The van der Waals surface area contributed by atoms with E-state index in [0.29, 0.717) is 11.4 Å². The van der Waals surface area contributed by atoms with Gasteiger partial charge in [-0.3, -0.25) is 0 Å². The highest BCUT2D eigenvalue weighted by Crippen LogP contribution is 2.23. The van der Waals surface area contributed by atoms with Crippen LogP contribution in [0.5, 0.6) is 0 Å². The van der Waals surface area contributed by atoms with Gasteiger partial charge in [0.2, 0.25) is 5.54 Å².